The van der Waals surface area contributed by atoms with Gasteiger partial charge in [0.15, 0.2) is 0 Å². The lowest BCUT2D eigenvalue weighted by Crippen LogP contribution is -2.25. The summed E-state index contributed by atoms with van der Waals surface area (Å²) in [5.41, 5.74) is 0. The highest BCUT2D eigenvalue weighted by molar-refractivity contribution is 7.85. The van der Waals surface area contributed by atoms with E-state index >= 15 is 0 Å². The van der Waals surface area contributed by atoms with Gasteiger partial charge >= 0.3 is 16.3 Å². The summed E-state index contributed by atoms with van der Waals surface area (Å²) in [4.78, 5) is 11.1. The van der Waals surface area contributed by atoms with Gasteiger partial charge in [-0.15, -0.1) is 0 Å². The van der Waals surface area contributed by atoms with Gasteiger partial charge in [-0.25, -0.2) is 4.79 Å². The Balaban J connectivity index is 1.76. The molecule has 2 fully saturated rings. The number of hydrogen-bond donors (Lipinski definition) is 1. The van der Waals surface area contributed by atoms with Gasteiger partial charge in [-0.05, 0) is 37.5 Å². The zero-order chi connectivity index (χ0) is 11.8. The standard InChI is InChI=1S/C9H14O6S/c10-9(14-5-16(11,12)13)15-8-4-6-1-2-7(8)3-6/h6-8H,1-5H2,(H,11,12,13). The van der Waals surface area contributed by atoms with E-state index in [4.69, 9.17) is 9.29 Å². The van der Waals surface area contributed by atoms with Crippen molar-refractivity contribution in [1.82, 2.24) is 0 Å². The van der Waals surface area contributed by atoms with Crippen molar-refractivity contribution in [3.05, 3.63) is 0 Å². The monoisotopic (exact) mass is 250 g/mol. The third kappa shape index (κ3) is 2.85. The van der Waals surface area contributed by atoms with E-state index in [-0.39, 0.29) is 6.10 Å². The fourth-order valence-corrected chi connectivity index (χ4v) is 2.86. The van der Waals surface area contributed by atoms with Crippen molar-refractivity contribution in [3.63, 3.8) is 0 Å². The Morgan fingerprint density at radius 3 is 2.56 bits per heavy atom. The van der Waals surface area contributed by atoms with Crippen LogP contribution in [0.2, 0.25) is 0 Å². The second-order valence-corrected chi connectivity index (χ2v) is 5.82. The Morgan fingerprint density at radius 2 is 2.06 bits per heavy atom. The molecule has 3 unspecified atom stereocenters. The summed E-state index contributed by atoms with van der Waals surface area (Å²) in [6.45, 7) is 0. The average molecular weight is 250 g/mol. The van der Waals surface area contributed by atoms with E-state index in [0.29, 0.717) is 11.8 Å². The first-order valence-corrected chi connectivity index (χ1v) is 6.83. The molecule has 16 heavy (non-hydrogen) atoms. The molecule has 0 saturated heterocycles. The van der Waals surface area contributed by atoms with Crippen molar-refractivity contribution in [3.8, 4) is 0 Å². The topological polar surface area (TPSA) is 89.9 Å². The Kier molecular flexibility index (Phi) is 3.07. The predicted molar refractivity (Wildman–Crippen MR) is 53.2 cm³/mol. The molecule has 0 aromatic carbocycles. The van der Waals surface area contributed by atoms with E-state index in [1.165, 1.54) is 6.42 Å². The Labute approximate surface area is 93.7 Å². The highest BCUT2D eigenvalue weighted by Gasteiger charge is 2.42. The van der Waals surface area contributed by atoms with Crippen molar-refractivity contribution < 1.29 is 27.2 Å². The maximum absolute atomic E-state index is 11.1. The molecule has 0 radical (unpaired) electrons. The predicted octanol–water partition coefficient (Wildman–Crippen LogP) is 1.17. The van der Waals surface area contributed by atoms with Crippen molar-refractivity contribution >= 4 is 16.3 Å². The molecule has 2 aliphatic rings. The first-order chi connectivity index (χ1) is 7.44. The van der Waals surface area contributed by atoms with E-state index in [0.717, 1.165) is 19.3 Å². The summed E-state index contributed by atoms with van der Waals surface area (Å²) in [7, 11) is -4.29. The maximum atomic E-state index is 11.1. The lowest BCUT2D eigenvalue weighted by atomic mass is 9.98. The average Bonchev–Trinajstić information content (AvgIpc) is 2.75. The van der Waals surface area contributed by atoms with Gasteiger partial charge in [-0.2, -0.15) is 8.42 Å². The number of fused-ring (bicyclic) bond motifs is 2. The van der Waals surface area contributed by atoms with Crippen LogP contribution < -0.4 is 0 Å². The summed E-state index contributed by atoms with van der Waals surface area (Å²) in [6.07, 6.45) is 3.00. The molecular formula is C9H14O6S. The molecule has 0 spiro atoms. The summed E-state index contributed by atoms with van der Waals surface area (Å²) < 4.78 is 38.3. The molecular weight excluding hydrogens is 236 g/mol. The second kappa shape index (κ2) is 4.21. The third-order valence-corrected chi connectivity index (χ3v) is 3.66. The molecule has 2 rings (SSSR count). The number of carbonyl (C=O) groups excluding carboxylic acids is 1. The lowest BCUT2D eigenvalue weighted by Gasteiger charge is -2.21. The Hall–Kier alpha value is -0.820. The minimum absolute atomic E-state index is 0.146. The Bertz CT molecular complexity index is 375. The van der Waals surface area contributed by atoms with Gasteiger partial charge in [0.25, 0.3) is 0 Å². The van der Waals surface area contributed by atoms with Crippen molar-refractivity contribution in [2.45, 2.75) is 31.8 Å². The maximum Gasteiger partial charge on any atom is 0.509 e. The number of carbonyl (C=O) groups is 1. The Morgan fingerprint density at radius 1 is 1.31 bits per heavy atom. The molecule has 2 saturated carbocycles. The van der Waals surface area contributed by atoms with Crippen LogP contribution in [0.4, 0.5) is 4.79 Å². The molecule has 6 nitrogen and oxygen atoms in total. The fourth-order valence-electron chi connectivity index (χ4n) is 2.61. The van der Waals surface area contributed by atoms with Crippen LogP contribution in [0.15, 0.2) is 0 Å². The van der Waals surface area contributed by atoms with Gasteiger partial charge in [0.2, 0.25) is 5.94 Å². The normalized spacial score (nSPS) is 32.7. The molecule has 2 aliphatic carbocycles. The van der Waals surface area contributed by atoms with Crippen molar-refractivity contribution in [2.24, 2.45) is 11.8 Å². The molecule has 2 bridgehead atoms. The molecule has 0 amide bonds. The van der Waals surface area contributed by atoms with Crippen LogP contribution >= 0.6 is 0 Å². The van der Waals surface area contributed by atoms with E-state index in [2.05, 4.69) is 4.74 Å². The number of hydrogen-bond acceptors (Lipinski definition) is 5. The highest BCUT2D eigenvalue weighted by atomic mass is 32.2. The molecule has 0 heterocycles. The third-order valence-electron chi connectivity index (χ3n) is 3.25. The van der Waals surface area contributed by atoms with E-state index in [1.807, 2.05) is 0 Å². The van der Waals surface area contributed by atoms with Crippen LogP contribution in [0.1, 0.15) is 25.7 Å². The lowest BCUT2D eigenvalue weighted by molar-refractivity contribution is 0.0115. The molecule has 0 aromatic heterocycles. The van der Waals surface area contributed by atoms with Crippen molar-refractivity contribution in [2.75, 3.05) is 5.94 Å². The van der Waals surface area contributed by atoms with Crippen LogP contribution in [0.3, 0.4) is 0 Å². The SMILES string of the molecule is O=C(OCS(=O)(=O)O)OC1CC2CCC1C2. The molecule has 92 valence electrons. The largest absolute Gasteiger partial charge is 0.509 e. The van der Waals surface area contributed by atoms with Gasteiger partial charge in [0, 0.05) is 0 Å². The van der Waals surface area contributed by atoms with E-state index in [1.54, 1.807) is 0 Å². The smallest absolute Gasteiger partial charge is 0.431 e. The summed E-state index contributed by atoms with van der Waals surface area (Å²) >= 11 is 0. The van der Waals surface area contributed by atoms with Crippen LogP contribution in [0.5, 0.6) is 0 Å². The van der Waals surface area contributed by atoms with Crippen molar-refractivity contribution in [1.29, 1.82) is 0 Å². The molecule has 0 aromatic rings. The zero-order valence-electron chi connectivity index (χ0n) is 8.66. The van der Waals surface area contributed by atoms with Gasteiger partial charge in [0.05, 0.1) is 0 Å². The van der Waals surface area contributed by atoms with Gasteiger partial charge in [-0.3, -0.25) is 4.55 Å². The van der Waals surface area contributed by atoms with E-state index in [9.17, 15) is 13.2 Å². The van der Waals surface area contributed by atoms with Gasteiger partial charge < -0.3 is 9.47 Å². The number of rotatable bonds is 3. The molecule has 7 heteroatoms. The molecule has 0 aliphatic heterocycles. The quantitative estimate of drug-likeness (QED) is 0.597. The second-order valence-electron chi connectivity index (χ2n) is 4.43. The summed E-state index contributed by atoms with van der Waals surface area (Å²) in [5, 5.41) is 0. The fraction of sp³-hybridized carbons (Fsp3) is 0.889. The van der Waals surface area contributed by atoms with E-state index < -0.39 is 22.2 Å². The summed E-state index contributed by atoms with van der Waals surface area (Å²) in [6, 6.07) is 0. The number of ether oxygens (including phenoxy) is 2. The van der Waals surface area contributed by atoms with Gasteiger partial charge in [0.1, 0.15) is 6.10 Å². The first kappa shape index (κ1) is 11.7. The van der Waals surface area contributed by atoms with Crippen LogP contribution in [0.25, 0.3) is 0 Å². The zero-order valence-corrected chi connectivity index (χ0v) is 9.48. The van der Waals surface area contributed by atoms with Crippen LogP contribution in [-0.4, -0.2) is 31.2 Å². The first-order valence-electron chi connectivity index (χ1n) is 5.22. The van der Waals surface area contributed by atoms with Crippen LogP contribution in [-0.2, 0) is 19.6 Å². The van der Waals surface area contributed by atoms with Crippen LogP contribution in [0, 0.1) is 11.8 Å². The molecule has 3 atom stereocenters. The summed E-state index contributed by atoms with van der Waals surface area (Å²) in [5.74, 6) is -0.0280. The highest BCUT2D eigenvalue weighted by Crippen LogP contribution is 2.45. The minimum atomic E-state index is -4.29. The molecule has 1 N–H and O–H groups in total. The van der Waals surface area contributed by atoms with Gasteiger partial charge in [-0.1, -0.05) is 0 Å². The minimum Gasteiger partial charge on any atom is -0.431 e.